The summed E-state index contributed by atoms with van der Waals surface area (Å²) in [6, 6.07) is 23.3. The number of nitrogens with one attached hydrogen (secondary N) is 2. The second-order valence-electron chi connectivity index (χ2n) is 9.83. The summed E-state index contributed by atoms with van der Waals surface area (Å²) in [6.45, 7) is 1.98. The molecule has 2 aliphatic rings. The van der Waals surface area contributed by atoms with E-state index in [4.69, 9.17) is 0 Å². The minimum atomic E-state index is -0.381. The average Bonchev–Trinajstić information content (AvgIpc) is 3.17. The number of benzene rings is 3. The van der Waals surface area contributed by atoms with E-state index in [1.165, 1.54) is 4.90 Å². The van der Waals surface area contributed by atoms with Gasteiger partial charge in [-0.1, -0.05) is 54.1 Å². The van der Waals surface area contributed by atoms with Crippen molar-refractivity contribution in [1.82, 2.24) is 0 Å². The molecule has 3 aromatic rings. The van der Waals surface area contributed by atoms with E-state index in [0.29, 0.717) is 48.3 Å². The van der Waals surface area contributed by atoms with Gasteiger partial charge in [0.2, 0.25) is 17.7 Å². The summed E-state index contributed by atoms with van der Waals surface area (Å²) in [5.74, 6) is -1.59. The number of fused-ring (bicyclic) bond motifs is 1. The molecular formula is C31H29N3O4. The molecule has 3 aromatic carbocycles. The lowest BCUT2D eigenvalue weighted by molar-refractivity contribution is -0.122. The molecule has 4 amide bonds. The number of imide groups is 1. The van der Waals surface area contributed by atoms with Crippen LogP contribution in [-0.2, 0) is 20.8 Å². The third-order valence-electron chi connectivity index (χ3n) is 7.08. The van der Waals surface area contributed by atoms with Crippen LogP contribution >= 0.6 is 0 Å². The molecule has 1 saturated heterocycles. The lowest BCUT2D eigenvalue weighted by Crippen LogP contribution is -2.31. The Bertz CT molecular complexity index is 1430. The van der Waals surface area contributed by atoms with Gasteiger partial charge in [0.15, 0.2) is 0 Å². The molecule has 0 bridgehead atoms. The van der Waals surface area contributed by atoms with Gasteiger partial charge in [-0.2, -0.15) is 0 Å². The largest absolute Gasteiger partial charge is 0.326 e. The molecule has 2 atom stereocenters. The first kappa shape index (κ1) is 25.1. The zero-order valence-corrected chi connectivity index (χ0v) is 21.1. The van der Waals surface area contributed by atoms with E-state index in [0.717, 1.165) is 11.1 Å². The Kier molecular flexibility index (Phi) is 7.18. The van der Waals surface area contributed by atoms with Crippen LogP contribution < -0.4 is 15.5 Å². The summed E-state index contributed by atoms with van der Waals surface area (Å²) in [7, 11) is 0. The van der Waals surface area contributed by atoms with Crippen LogP contribution in [-0.4, -0.2) is 23.6 Å². The minimum Gasteiger partial charge on any atom is -0.326 e. The molecular weight excluding hydrogens is 478 g/mol. The molecule has 192 valence electrons. The summed E-state index contributed by atoms with van der Waals surface area (Å²) in [5, 5.41) is 5.71. The predicted octanol–water partition coefficient (Wildman–Crippen LogP) is 5.36. The van der Waals surface area contributed by atoms with Crippen molar-refractivity contribution in [3.05, 3.63) is 102 Å². The van der Waals surface area contributed by atoms with Gasteiger partial charge >= 0.3 is 0 Å². The second-order valence-corrected chi connectivity index (χ2v) is 9.83. The summed E-state index contributed by atoms with van der Waals surface area (Å²) in [4.78, 5) is 52.8. The maximum absolute atomic E-state index is 13.1. The molecule has 1 aliphatic heterocycles. The van der Waals surface area contributed by atoms with E-state index in [9.17, 15) is 19.2 Å². The van der Waals surface area contributed by atoms with Gasteiger partial charge in [-0.3, -0.25) is 24.1 Å². The number of rotatable bonds is 7. The molecule has 5 rings (SSSR count). The lowest BCUT2D eigenvalue weighted by Gasteiger charge is -2.18. The van der Waals surface area contributed by atoms with Gasteiger partial charge in [-0.15, -0.1) is 0 Å². The molecule has 7 heteroatoms. The van der Waals surface area contributed by atoms with Crippen LogP contribution in [0.3, 0.4) is 0 Å². The number of anilines is 3. The molecule has 38 heavy (non-hydrogen) atoms. The Morgan fingerprint density at radius 1 is 0.842 bits per heavy atom. The van der Waals surface area contributed by atoms with Gasteiger partial charge in [0, 0.05) is 23.4 Å². The number of allylic oxidation sites excluding steroid dienone is 2. The third kappa shape index (κ3) is 5.42. The number of aryl methyl sites for hydroxylation is 1. The van der Waals surface area contributed by atoms with Crippen molar-refractivity contribution in [2.75, 3.05) is 15.5 Å². The SMILES string of the molecule is CC1=CC[C@@H]2C(=O)N(c3cccc(C(=O)Nc4cccc(NC(=O)CCc5ccccc5)c4)c3)C(=O)[C@H]2C1. The number of amides is 4. The molecule has 7 nitrogen and oxygen atoms in total. The van der Waals surface area contributed by atoms with E-state index in [1.54, 1.807) is 48.5 Å². The molecule has 1 heterocycles. The summed E-state index contributed by atoms with van der Waals surface area (Å²) in [6.07, 6.45) is 4.17. The Morgan fingerprint density at radius 3 is 2.34 bits per heavy atom. The van der Waals surface area contributed by atoms with Gasteiger partial charge in [0.25, 0.3) is 5.91 Å². The van der Waals surface area contributed by atoms with Crippen LogP contribution in [0.5, 0.6) is 0 Å². The van der Waals surface area contributed by atoms with Gasteiger partial charge in [-0.25, -0.2) is 0 Å². The molecule has 1 aliphatic carbocycles. The molecule has 0 spiro atoms. The Labute approximate surface area is 221 Å². The maximum atomic E-state index is 13.1. The van der Waals surface area contributed by atoms with Crippen molar-refractivity contribution in [2.45, 2.75) is 32.6 Å². The first-order chi connectivity index (χ1) is 18.4. The highest BCUT2D eigenvalue weighted by atomic mass is 16.2. The highest BCUT2D eigenvalue weighted by Crippen LogP contribution is 2.39. The van der Waals surface area contributed by atoms with Gasteiger partial charge in [0.05, 0.1) is 17.5 Å². The van der Waals surface area contributed by atoms with E-state index in [-0.39, 0.29) is 35.5 Å². The number of carbonyl (C=O) groups excluding carboxylic acids is 4. The Balaban J connectivity index is 1.23. The van der Waals surface area contributed by atoms with Crippen molar-refractivity contribution in [3.8, 4) is 0 Å². The van der Waals surface area contributed by atoms with Crippen LogP contribution in [0.4, 0.5) is 17.1 Å². The van der Waals surface area contributed by atoms with Crippen molar-refractivity contribution < 1.29 is 19.2 Å². The summed E-state index contributed by atoms with van der Waals surface area (Å²) in [5.41, 5.74) is 4.03. The third-order valence-corrected chi connectivity index (χ3v) is 7.08. The lowest BCUT2D eigenvalue weighted by atomic mass is 9.82. The van der Waals surface area contributed by atoms with Crippen LogP contribution in [0, 0.1) is 11.8 Å². The van der Waals surface area contributed by atoms with Crippen molar-refractivity contribution in [2.24, 2.45) is 11.8 Å². The van der Waals surface area contributed by atoms with Crippen LogP contribution in [0.2, 0.25) is 0 Å². The summed E-state index contributed by atoms with van der Waals surface area (Å²) >= 11 is 0. The monoisotopic (exact) mass is 507 g/mol. The highest BCUT2D eigenvalue weighted by molar-refractivity contribution is 6.22. The molecule has 1 fully saturated rings. The van der Waals surface area contributed by atoms with E-state index in [2.05, 4.69) is 10.6 Å². The molecule has 0 radical (unpaired) electrons. The van der Waals surface area contributed by atoms with E-state index < -0.39 is 0 Å². The number of carbonyl (C=O) groups is 4. The second kappa shape index (κ2) is 10.8. The fraction of sp³-hybridized carbons (Fsp3) is 0.226. The Morgan fingerprint density at radius 2 is 1.55 bits per heavy atom. The molecule has 0 saturated carbocycles. The van der Waals surface area contributed by atoms with Crippen LogP contribution in [0.25, 0.3) is 0 Å². The predicted molar refractivity (Wildman–Crippen MR) is 147 cm³/mol. The smallest absolute Gasteiger partial charge is 0.255 e. The van der Waals surface area contributed by atoms with Crippen LogP contribution in [0.1, 0.15) is 42.1 Å². The average molecular weight is 508 g/mol. The molecule has 0 unspecified atom stereocenters. The van der Waals surface area contributed by atoms with Crippen molar-refractivity contribution in [1.29, 1.82) is 0 Å². The zero-order chi connectivity index (χ0) is 26.6. The fourth-order valence-corrected chi connectivity index (χ4v) is 5.08. The van der Waals surface area contributed by atoms with Gasteiger partial charge in [0.1, 0.15) is 0 Å². The highest BCUT2D eigenvalue weighted by Gasteiger charge is 2.48. The van der Waals surface area contributed by atoms with Gasteiger partial charge < -0.3 is 10.6 Å². The number of nitrogens with zero attached hydrogens (tertiary/aromatic N) is 1. The van der Waals surface area contributed by atoms with E-state index >= 15 is 0 Å². The standard InChI is InChI=1S/C31H29N3O4/c1-20-13-15-26-27(17-20)31(38)34(30(26)37)25-12-5-9-22(18-25)29(36)33-24-11-6-10-23(19-24)32-28(35)16-14-21-7-3-2-4-8-21/h2-13,18-19,26-27H,14-17H2,1H3,(H,32,35)(H,33,36)/t26-,27-/m0/s1. The first-order valence-corrected chi connectivity index (χ1v) is 12.8. The Hall–Kier alpha value is -4.52. The zero-order valence-electron chi connectivity index (χ0n) is 21.1. The first-order valence-electron chi connectivity index (χ1n) is 12.8. The number of hydrogen-bond donors (Lipinski definition) is 2. The topological polar surface area (TPSA) is 95.6 Å². The normalized spacial score (nSPS) is 18.6. The fourth-order valence-electron chi connectivity index (χ4n) is 5.08. The van der Waals surface area contributed by atoms with Crippen LogP contribution in [0.15, 0.2) is 90.5 Å². The van der Waals surface area contributed by atoms with Gasteiger partial charge in [-0.05, 0) is 68.1 Å². The number of hydrogen-bond acceptors (Lipinski definition) is 4. The molecule has 2 N–H and O–H groups in total. The minimum absolute atomic E-state index is 0.115. The maximum Gasteiger partial charge on any atom is 0.255 e. The summed E-state index contributed by atoms with van der Waals surface area (Å²) < 4.78 is 0. The quantitative estimate of drug-likeness (QED) is 0.333. The van der Waals surface area contributed by atoms with Crippen molar-refractivity contribution >= 4 is 40.7 Å². The van der Waals surface area contributed by atoms with Crippen molar-refractivity contribution in [3.63, 3.8) is 0 Å². The van der Waals surface area contributed by atoms with E-state index in [1.807, 2.05) is 43.3 Å². The molecule has 0 aromatic heterocycles.